The Hall–Kier alpha value is -1.06. The zero-order chi connectivity index (χ0) is 12.4. The number of benzene rings is 1. The molecule has 0 saturated heterocycles. The van der Waals surface area contributed by atoms with Crippen LogP contribution in [0.4, 0.5) is 5.69 Å². The number of halogens is 1. The fourth-order valence-corrected chi connectivity index (χ4v) is 2.37. The van der Waals surface area contributed by atoms with Crippen LogP contribution in [0.1, 0.15) is 30.9 Å². The van der Waals surface area contributed by atoms with Gasteiger partial charge in [-0.2, -0.15) is 0 Å². The van der Waals surface area contributed by atoms with E-state index in [1.807, 2.05) is 11.8 Å². The van der Waals surface area contributed by atoms with E-state index in [0.29, 0.717) is 6.42 Å². The van der Waals surface area contributed by atoms with Crippen molar-refractivity contribution in [3.63, 3.8) is 0 Å². The first-order chi connectivity index (χ1) is 8.08. The Balaban J connectivity index is 0.00000162. The Morgan fingerprint density at radius 1 is 1.50 bits per heavy atom. The highest BCUT2D eigenvalue weighted by Crippen LogP contribution is 2.28. The highest BCUT2D eigenvalue weighted by molar-refractivity contribution is 5.94. The van der Waals surface area contributed by atoms with Gasteiger partial charge in [0.25, 0.3) is 0 Å². The molecular weight excluding hydrogens is 248 g/mol. The summed E-state index contributed by atoms with van der Waals surface area (Å²) in [7, 11) is 0. The number of nitrogens with two attached hydrogens (primary N) is 1. The molecular formula is C14H21ClN2O. The second-order valence-corrected chi connectivity index (χ2v) is 4.96. The van der Waals surface area contributed by atoms with E-state index in [0.717, 1.165) is 25.1 Å². The zero-order valence-electron chi connectivity index (χ0n) is 11.0. The zero-order valence-corrected chi connectivity index (χ0v) is 11.8. The van der Waals surface area contributed by atoms with Crippen LogP contribution in [-0.2, 0) is 11.2 Å². The van der Waals surface area contributed by atoms with E-state index >= 15 is 0 Å². The molecule has 1 unspecified atom stereocenters. The standard InChI is InChI=1S/C14H20N2O.ClH/c1-10-5-6-13-12(8-10)4-3-7-16(13)14(17)9-11(2)15;/h5-6,8,11H,3-4,7,9,15H2,1-2H3;1H. The maximum Gasteiger partial charge on any atom is 0.228 e. The molecule has 0 bridgehead atoms. The Labute approximate surface area is 115 Å². The molecule has 0 aliphatic carbocycles. The van der Waals surface area contributed by atoms with Gasteiger partial charge >= 0.3 is 0 Å². The quantitative estimate of drug-likeness (QED) is 0.896. The fourth-order valence-electron chi connectivity index (χ4n) is 2.37. The number of carbonyl (C=O) groups excluding carboxylic acids is 1. The van der Waals surface area contributed by atoms with Crippen LogP contribution in [0.5, 0.6) is 0 Å². The number of hydrogen-bond acceptors (Lipinski definition) is 2. The van der Waals surface area contributed by atoms with Crippen molar-refractivity contribution in [2.75, 3.05) is 11.4 Å². The van der Waals surface area contributed by atoms with Gasteiger partial charge in [0.2, 0.25) is 5.91 Å². The Morgan fingerprint density at radius 3 is 2.89 bits per heavy atom. The molecule has 1 aromatic carbocycles. The lowest BCUT2D eigenvalue weighted by Gasteiger charge is -2.30. The first-order valence-corrected chi connectivity index (χ1v) is 6.23. The summed E-state index contributed by atoms with van der Waals surface area (Å²) in [6.45, 7) is 4.78. The molecule has 100 valence electrons. The molecule has 4 heteroatoms. The molecule has 1 aliphatic heterocycles. The maximum atomic E-state index is 12.1. The summed E-state index contributed by atoms with van der Waals surface area (Å²) in [6.07, 6.45) is 2.54. The van der Waals surface area contributed by atoms with E-state index in [9.17, 15) is 4.79 Å². The number of aryl methyl sites for hydroxylation is 2. The molecule has 0 spiro atoms. The van der Waals surface area contributed by atoms with Gasteiger partial charge in [0.1, 0.15) is 0 Å². The van der Waals surface area contributed by atoms with Crippen LogP contribution >= 0.6 is 12.4 Å². The highest BCUT2D eigenvalue weighted by atomic mass is 35.5. The predicted octanol–water partition coefficient (Wildman–Crippen LogP) is 2.43. The smallest absolute Gasteiger partial charge is 0.228 e. The van der Waals surface area contributed by atoms with E-state index in [1.165, 1.54) is 11.1 Å². The van der Waals surface area contributed by atoms with E-state index in [4.69, 9.17) is 5.73 Å². The largest absolute Gasteiger partial charge is 0.327 e. The van der Waals surface area contributed by atoms with Gasteiger partial charge < -0.3 is 10.6 Å². The summed E-state index contributed by atoms with van der Waals surface area (Å²) < 4.78 is 0. The first kappa shape index (κ1) is 15.0. The van der Waals surface area contributed by atoms with Crippen LogP contribution in [0.3, 0.4) is 0 Å². The van der Waals surface area contributed by atoms with Crippen molar-refractivity contribution >= 4 is 24.0 Å². The van der Waals surface area contributed by atoms with Gasteiger partial charge in [-0.1, -0.05) is 17.7 Å². The van der Waals surface area contributed by atoms with Crippen molar-refractivity contribution in [3.05, 3.63) is 29.3 Å². The Morgan fingerprint density at radius 2 is 2.22 bits per heavy atom. The molecule has 18 heavy (non-hydrogen) atoms. The molecule has 1 aliphatic rings. The monoisotopic (exact) mass is 268 g/mol. The van der Waals surface area contributed by atoms with Crippen molar-refractivity contribution in [2.45, 2.75) is 39.2 Å². The summed E-state index contributed by atoms with van der Waals surface area (Å²) in [6, 6.07) is 6.23. The molecule has 2 rings (SSSR count). The second-order valence-electron chi connectivity index (χ2n) is 4.96. The Bertz CT molecular complexity index is 432. The Kier molecular flexibility index (Phi) is 5.17. The van der Waals surface area contributed by atoms with Gasteiger partial charge in [-0.15, -0.1) is 12.4 Å². The molecule has 0 fully saturated rings. The van der Waals surface area contributed by atoms with Gasteiger partial charge in [-0.05, 0) is 38.3 Å². The lowest BCUT2D eigenvalue weighted by atomic mass is 9.99. The average molecular weight is 269 g/mol. The third-order valence-corrected chi connectivity index (χ3v) is 3.15. The van der Waals surface area contributed by atoms with E-state index < -0.39 is 0 Å². The van der Waals surface area contributed by atoms with Gasteiger partial charge in [0.05, 0.1) is 0 Å². The third kappa shape index (κ3) is 3.24. The van der Waals surface area contributed by atoms with Crippen LogP contribution in [0.15, 0.2) is 18.2 Å². The molecule has 1 atom stereocenters. The van der Waals surface area contributed by atoms with Crippen molar-refractivity contribution in [3.8, 4) is 0 Å². The molecule has 0 saturated carbocycles. The lowest BCUT2D eigenvalue weighted by Crippen LogP contribution is -2.38. The first-order valence-electron chi connectivity index (χ1n) is 6.23. The van der Waals surface area contributed by atoms with Gasteiger partial charge in [0, 0.05) is 24.7 Å². The van der Waals surface area contributed by atoms with Crippen LogP contribution in [-0.4, -0.2) is 18.5 Å². The topological polar surface area (TPSA) is 46.3 Å². The molecule has 0 aromatic heterocycles. The molecule has 3 nitrogen and oxygen atoms in total. The number of fused-ring (bicyclic) bond motifs is 1. The van der Waals surface area contributed by atoms with Crippen molar-refractivity contribution < 1.29 is 4.79 Å². The number of carbonyl (C=O) groups is 1. The van der Waals surface area contributed by atoms with Crippen LogP contribution in [0.25, 0.3) is 0 Å². The molecule has 1 heterocycles. The van der Waals surface area contributed by atoms with Crippen molar-refractivity contribution in [2.24, 2.45) is 5.73 Å². The summed E-state index contributed by atoms with van der Waals surface area (Å²) in [5.74, 6) is 0.143. The molecule has 2 N–H and O–H groups in total. The minimum absolute atomic E-state index is 0. The molecule has 1 amide bonds. The van der Waals surface area contributed by atoms with Crippen molar-refractivity contribution in [1.29, 1.82) is 0 Å². The van der Waals surface area contributed by atoms with Crippen LogP contribution < -0.4 is 10.6 Å². The summed E-state index contributed by atoms with van der Waals surface area (Å²) in [4.78, 5) is 14.0. The summed E-state index contributed by atoms with van der Waals surface area (Å²) in [5, 5.41) is 0. The molecule has 0 radical (unpaired) electrons. The normalized spacial score (nSPS) is 15.6. The van der Waals surface area contributed by atoms with Gasteiger partial charge in [0.15, 0.2) is 0 Å². The number of rotatable bonds is 2. The minimum Gasteiger partial charge on any atom is -0.327 e. The fraction of sp³-hybridized carbons (Fsp3) is 0.500. The summed E-state index contributed by atoms with van der Waals surface area (Å²) >= 11 is 0. The van der Waals surface area contributed by atoms with Crippen LogP contribution in [0.2, 0.25) is 0 Å². The van der Waals surface area contributed by atoms with Crippen molar-refractivity contribution in [1.82, 2.24) is 0 Å². The highest BCUT2D eigenvalue weighted by Gasteiger charge is 2.22. The van der Waals surface area contributed by atoms with E-state index in [1.54, 1.807) is 0 Å². The number of hydrogen-bond donors (Lipinski definition) is 1. The number of nitrogens with zero attached hydrogens (tertiary/aromatic N) is 1. The average Bonchev–Trinajstić information content (AvgIpc) is 2.26. The SMILES string of the molecule is Cc1ccc2c(c1)CCCN2C(=O)CC(C)N.Cl. The second kappa shape index (κ2) is 6.21. The number of amides is 1. The van der Waals surface area contributed by atoms with E-state index in [2.05, 4.69) is 25.1 Å². The van der Waals surface area contributed by atoms with Gasteiger partial charge in [-0.25, -0.2) is 0 Å². The maximum absolute atomic E-state index is 12.1. The number of anilines is 1. The lowest BCUT2D eigenvalue weighted by molar-refractivity contribution is -0.118. The minimum atomic E-state index is -0.0710. The van der Waals surface area contributed by atoms with E-state index in [-0.39, 0.29) is 24.4 Å². The predicted molar refractivity (Wildman–Crippen MR) is 77.4 cm³/mol. The van der Waals surface area contributed by atoms with Crippen LogP contribution in [0, 0.1) is 6.92 Å². The third-order valence-electron chi connectivity index (χ3n) is 3.15. The summed E-state index contributed by atoms with van der Waals surface area (Å²) in [5.41, 5.74) is 9.31. The van der Waals surface area contributed by atoms with Gasteiger partial charge in [-0.3, -0.25) is 4.79 Å². The molecule has 1 aromatic rings.